The van der Waals surface area contributed by atoms with Gasteiger partial charge in [0.2, 0.25) is 0 Å². The number of esters is 2. The number of nitro groups is 1. The van der Waals surface area contributed by atoms with Crippen LogP contribution in [0.5, 0.6) is 0 Å². The summed E-state index contributed by atoms with van der Waals surface area (Å²) < 4.78 is 52.5. The summed E-state index contributed by atoms with van der Waals surface area (Å²) in [5, 5.41) is 11.9. The lowest BCUT2D eigenvalue weighted by Crippen LogP contribution is -2.56. The summed E-state index contributed by atoms with van der Waals surface area (Å²) in [6.07, 6.45) is 0.880. The fourth-order valence-electron chi connectivity index (χ4n) is 4.88. The Morgan fingerprint density at radius 2 is 1.55 bits per heavy atom. The van der Waals surface area contributed by atoms with Gasteiger partial charge in [-0.05, 0) is 47.9 Å². The second kappa shape index (κ2) is 9.56. The van der Waals surface area contributed by atoms with Crippen LogP contribution in [0.1, 0.15) is 25.0 Å². The van der Waals surface area contributed by atoms with Crippen LogP contribution < -0.4 is 0 Å². The summed E-state index contributed by atoms with van der Waals surface area (Å²) in [5.74, 6) is -3.64. The van der Waals surface area contributed by atoms with E-state index in [0.717, 1.165) is 16.1 Å². The third kappa shape index (κ3) is 4.60. The Morgan fingerprint density at radius 1 is 0.900 bits per heavy atom. The zero-order chi connectivity index (χ0) is 28.9. The smallest absolute Gasteiger partial charge is 0.327 e. The average molecular weight is 567 g/mol. The fourth-order valence-corrected chi connectivity index (χ4v) is 6.38. The van der Waals surface area contributed by atoms with E-state index >= 15 is 0 Å². The number of halogens is 1. The van der Waals surface area contributed by atoms with Crippen molar-refractivity contribution in [1.29, 1.82) is 0 Å². The summed E-state index contributed by atoms with van der Waals surface area (Å²) in [6, 6.07) is 16.5. The fraction of sp³-hybridized carbons (Fsp3) is 0.214. The molecule has 0 atom stereocenters. The highest BCUT2D eigenvalue weighted by molar-refractivity contribution is 7.90. The van der Waals surface area contributed by atoms with Gasteiger partial charge in [0.25, 0.3) is 21.5 Å². The first kappa shape index (κ1) is 27.0. The second-order valence-electron chi connectivity index (χ2n) is 9.93. The van der Waals surface area contributed by atoms with Crippen LogP contribution in [0, 0.1) is 21.3 Å². The maximum Gasteiger partial charge on any atom is 0.327 e. The maximum absolute atomic E-state index is 13.6. The highest BCUT2D eigenvalue weighted by atomic mass is 32.2. The lowest BCUT2D eigenvalue weighted by atomic mass is 9.75. The molecular formula is C28H23FN2O8S. The molecule has 1 fully saturated rings. The number of nitrogens with zero attached hydrogens (tertiary/aromatic N) is 2. The molecule has 4 aromatic rings. The van der Waals surface area contributed by atoms with Gasteiger partial charge in [-0.25, -0.2) is 16.8 Å². The van der Waals surface area contributed by atoms with Crippen LogP contribution in [0.25, 0.3) is 10.9 Å². The van der Waals surface area contributed by atoms with E-state index in [1.54, 1.807) is 12.1 Å². The molecule has 0 spiro atoms. The summed E-state index contributed by atoms with van der Waals surface area (Å²) in [6.45, 7) is 2.86. The van der Waals surface area contributed by atoms with Gasteiger partial charge >= 0.3 is 11.9 Å². The van der Waals surface area contributed by atoms with Gasteiger partial charge in [-0.1, -0.05) is 36.4 Å². The SMILES string of the molecule is CC1(C)OC(=O)C(Cc2ccc(F)cc2)(Cc2cccc3c2ccn3S(=O)(=O)c2ccccc2[N+](=O)[O-])C(=O)O1. The van der Waals surface area contributed by atoms with Crippen molar-refractivity contribution in [3.8, 4) is 0 Å². The summed E-state index contributed by atoms with van der Waals surface area (Å²) in [7, 11) is -4.40. The summed E-state index contributed by atoms with van der Waals surface area (Å²) >= 11 is 0. The Balaban J connectivity index is 1.62. The number of benzene rings is 3. The topological polar surface area (TPSA) is 135 Å². The molecule has 0 amide bonds. The molecule has 0 bridgehead atoms. The van der Waals surface area contributed by atoms with Gasteiger partial charge in [0.15, 0.2) is 10.3 Å². The van der Waals surface area contributed by atoms with Crippen LogP contribution in [0.2, 0.25) is 0 Å². The largest absolute Gasteiger partial charge is 0.422 e. The van der Waals surface area contributed by atoms with Crippen molar-refractivity contribution >= 4 is 38.6 Å². The quantitative estimate of drug-likeness (QED) is 0.138. The maximum atomic E-state index is 13.6. The third-order valence-electron chi connectivity index (χ3n) is 6.76. The van der Waals surface area contributed by atoms with Gasteiger partial charge in [0.1, 0.15) is 5.82 Å². The summed E-state index contributed by atoms with van der Waals surface area (Å²) in [4.78, 5) is 37.1. The molecule has 0 radical (unpaired) electrons. The molecule has 0 unspecified atom stereocenters. The van der Waals surface area contributed by atoms with Gasteiger partial charge in [-0.3, -0.25) is 19.7 Å². The number of aromatic nitrogens is 1. The lowest BCUT2D eigenvalue weighted by molar-refractivity contribution is -0.387. The minimum atomic E-state index is -4.40. The highest BCUT2D eigenvalue weighted by Gasteiger charge is 2.56. The number of nitro benzene ring substituents is 1. The number of carbonyl (C=O) groups excluding carboxylic acids is 2. The van der Waals surface area contributed by atoms with Crippen molar-refractivity contribution in [2.45, 2.75) is 37.4 Å². The molecule has 1 saturated heterocycles. The Hall–Kier alpha value is -4.58. The number of cyclic esters (lactones) is 2. The summed E-state index contributed by atoms with van der Waals surface area (Å²) in [5.41, 5.74) is -1.32. The Labute approximate surface area is 228 Å². The van der Waals surface area contributed by atoms with E-state index < -0.39 is 54.5 Å². The predicted molar refractivity (Wildman–Crippen MR) is 140 cm³/mol. The second-order valence-corrected chi connectivity index (χ2v) is 11.7. The molecule has 206 valence electrons. The molecule has 0 N–H and O–H groups in total. The number of hydrogen-bond donors (Lipinski definition) is 0. The Kier molecular flexibility index (Phi) is 6.45. The van der Waals surface area contributed by atoms with Gasteiger partial charge in [-0.2, -0.15) is 0 Å². The normalized spacial score (nSPS) is 16.4. The third-order valence-corrected chi connectivity index (χ3v) is 8.49. The number of para-hydroxylation sites is 1. The molecule has 5 rings (SSSR count). The molecule has 10 nitrogen and oxygen atoms in total. The van der Waals surface area contributed by atoms with E-state index in [9.17, 15) is 32.5 Å². The van der Waals surface area contributed by atoms with Crippen molar-refractivity contribution in [3.63, 3.8) is 0 Å². The van der Waals surface area contributed by atoms with Crippen LogP contribution in [0.3, 0.4) is 0 Å². The number of rotatable bonds is 7. The van der Waals surface area contributed by atoms with Crippen LogP contribution in [0.15, 0.2) is 83.9 Å². The molecule has 1 aliphatic rings. The average Bonchev–Trinajstić information content (AvgIpc) is 3.34. The van der Waals surface area contributed by atoms with E-state index in [4.69, 9.17) is 9.47 Å². The minimum absolute atomic E-state index is 0.160. The molecule has 1 aliphatic heterocycles. The molecule has 12 heteroatoms. The highest BCUT2D eigenvalue weighted by Crippen LogP contribution is 2.40. The first-order chi connectivity index (χ1) is 18.8. The molecule has 2 heterocycles. The number of carbonyl (C=O) groups is 2. The van der Waals surface area contributed by atoms with E-state index in [2.05, 4.69) is 0 Å². The number of fused-ring (bicyclic) bond motifs is 1. The van der Waals surface area contributed by atoms with Crippen molar-refractivity contribution in [2.24, 2.45) is 5.41 Å². The van der Waals surface area contributed by atoms with Gasteiger partial charge in [0, 0.05) is 37.9 Å². The van der Waals surface area contributed by atoms with Gasteiger partial charge in [0.05, 0.1) is 10.4 Å². The van der Waals surface area contributed by atoms with Gasteiger partial charge < -0.3 is 9.47 Å². The van der Waals surface area contributed by atoms with Gasteiger partial charge in [-0.15, -0.1) is 0 Å². The monoisotopic (exact) mass is 566 g/mol. The first-order valence-corrected chi connectivity index (χ1v) is 13.6. The molecule has 1 aromatic heterocycles. The minimum Gasteiger partial charge on any atom is -0.422 e. The van der Waals surface area contributed by atoms with Crippen molar-refractivity contribution in [3.05, 3.63) is 106 Å². The zero-order valence-corrected chi connectivity index (χ0v) is 22.2. The predicted octanol–water partition coefficient (Wildman–Crippen LogP) is 4.53. The standard InChI is InChI=1S/C28H23FN2O8S/c1-27(2)38-25(32)28(26(33)39-27,16-18-10-12-20(29)13-11-18)17-19-6-5-8-22-21(19)14-15-30(22)40(36,37)24-9-4-3-7-23(24)31(34)35/h3-15H,16-17H2,1-2H3. The Morgan fingerprint density at radius 3 is 2.20 bits per heavy atom. The van der Waals surface area contributed by atoms with E-state index in [1.807, 2.05) is 0 Å². The van der Waals surface area contributed by atoms with E-state index in [1.165, 1.54) is 68.6 Å². The molecular weight excluding hydrogens is 543 g/mol. The van der Waals surface area contributed by atoms with Crippen LogP contribution in [0.4, 0.5) is 10.1 Å². The van der Waals surface area contributed by atoms with Crippen molar-refractivity contribution in [1.82, 2.24) is 3.97 Å². The first-order valence-electron chi connectivity index (χ1n) is 12.1. The zero-order valence-electron chi connectivity index (χ0n) is 21.4. The number of hydrogen-bond acceptors (Lipinski definition) is 8. The Bertz CT molecular complexity index is 1760. The van der Waals surface area contributed by atoms with Crippen molar-refractivity contribution < 1.29 is 36.8 Å². The van der Waals surface area contributed by atoms with Crippen LogP contribution >= 0.6 is 0 Å². The number of ether oxygens (including phenoxy) is 2. The lowest BCUT2D eigenvalue weighted by Gasteiger charge is -2.40. The molecule has 0 saturated carbocycles. The van der Waals surface area contributed by atoms with E-state index in [0.29, 0.717) is 16.5 Å². The molecule has 0 aliphatic carbocycles. The molecule has 40 heavy (non-hydrogen) atoms. The van der Waals surface area contributed by atoms with Crippen LogP contribution in [-0.4, -0.2) is 35.0 Å². The van der Waals surface area contributed by atoms with E-state index in [-0.39, 0.29) is 18.4 Å². The van der Waals surface area contributed by atoms with Crippen LogP contribution in [-0.2, 0) is 41.9 Å². The molecule has 3 aromatic carbocycles. The van der Waals surface area contributed by atoms with Crippen molar-refractivity contribution in [2.75, 3.05) is 0 Å².